The van der Waals surface area contributed by atoms with Gasteiger partial charge in [-0.25, -0.2) is 0 Å². The maximum Gasteiger partial charge on any atom is 0.427 e. The molecule has 1 fully saturated rings. The van der Waals surface area contributed by atoms with Crippen LogP contribution in [0.15, 0.2) is 72.6 Å². The highest BCUT2D eigenvalue weighted by Gasteiger charge is 2.79. The molecule has 43 heavy (non-hydrogen) atoms. The molecule has 1 saturated heterocycles. The maximum atomic E-state index is 14.5. The fourth-order valence-electron chi connectivity index (χ4n) is 6.12. The molecule has 1 aliphatic carbocycles. The van der Waals surface area contributed by atoms with Crippen LogP contribution >= 0.6 is 0 Å². The van der Waals surface area contributed by atoms with Crippen LogP contribution in [0.1, 0.15) is 38.3 Å². The number of nitrogens with one attached hydrogen (secondary N) is 1. The van der Waals surface area contributed by atoms with Crippen LogP contribution in [-0.4, -0.2) is 82.0 Å². The quantitative estimate of drug-likeness (QED) is 0.394. The number of amides is 1. The highest BCUT2D eigenvalue weighted by molar-refractivity contribution is 5.82. The molecule has 2 N–H and O–H groups in total. The number of aliphatic hydroxyl groups is 1. The number of allylic oxidation sites excluding steroid dienone is 3. The van der Waals surface area contributed by atoms with Crippen molar-refractivity contribution in [3.05, 3.63) is 83.7 Å². The van der Waals surface area contributed by atoms with Crippen molar-refractivity contribution in [2.45, 2.75) is 63.8 Å². The number of carbonyl (C=O) groups is 1. The number of benzene rings is 1. The van der Waals surface area contributed by atoms with Gasteiger partial charge in [0.25, 0.3) is 5.60 Å². The van der Waals surface area contributed by atoms with Crippen LogP contribution in [0.4, 0.5) is 26.3 Å². The molecule has 2 aliphatic rings. The number of hydrogen-bond acceptors (Lipinski definition) is 5. The Labute approximate surface area is 247 Å². The van der Waals surface area contributed by atoms with Crippen LogP contribution in [-0.2, 0) is 11.3 Å². The van der Waals surface area contributed by atoms with Crippen molar-refractivity contribution >= 4 is 11.5 Å². The first-order valence-electron chi connectivity index (χ1n) is 14.0. The molecule has 4 rings (SSSR count). The van der Waals surface area contributed by atoms with Crippen molar-refractivity contribution in [2.24, 2.45) is 5.41 Å². The van der Waals surface area contributed by atoms with Gasteiger partial charge in [-0.15, -0.1) is 0 Å². The molecule has 1 aromatic heterocycles. The van der Waals surface area contributed by atoms with Crippen LogP contribution < -0.4 is 5.32 Å². The second kappa shape index (κ2) is 12.4. The number of alkyl halides is 6. The van der Waals surface area contributed by atoms with Crippen molar-refractivity contribution < 1.29 is 36.2 Å². The minimum Gasteiger partial charge on any atom is -0.373 e. The van der Waals surface area contributed by atoms with E-state index in [1.807, 2.05) is 4.90 Å². The molecule has 0 bridgehead atoms. The van der Waals surface area contributed by atoms with Crippen LogP contribution in [0.3, 0.4) is 0 Å². The third-order valence-electron chi connectivity index (χ3n) is 8.18. The summed E-state index contributed by atoms with van der Waals surface area (Å²) in [6.07, 6.45) is -7.52. The van der Waals surface area contributed by atoms with E-state index in [0.717, 1.165) is 11.6 Å². The highest BCUT2D eigenvalue weighted by Crippen LogP contribution is 2.58. The van der Waals surface area contributed by atoms with E-state index < -0.39 is 48.3 Å². The molecule has 2 unspecified atom stereocenters. The van der Waals surface area contributed by atoms with Gasteiger partial charge in [0.1, 0.15) is 6.04 Å². The second-order valence-electron chi connectivity index (χ2n) is 11.7. The van der Waals surface area contributed by atoms with E-state index in [4.69, 9.17) is 0 Å². The van der Waals surface area contributed by atoms with Crippen molar-refractivity contribution in [1.82, 2.24) is 20.1 Å². The summed E-state index contributed by atoms with van der Waals surface area (Å²) in [7, 11) is 0. The smallest absolute Gasteiger partial charge is 0.373 e. The predicted molar refractivity (Wildman–Crippen MR) is 150 cm³/mol. The number of pyridine rings is 1. The maximum absolute atomic E-state index is 14.5. The van der Waals surface area contributed by atoms with E-state index in [9.17, 15) is 36.2 Å². The van der Waals surface area contributed by atoms with E-state index in [1.54, 1.807) is 68.7 Å². The zero-order chi connectivity index (χ0) is 31.6. The first-order chi connectivity index (χ1) is 20.1. The Kier molecular flexibility index (Phi) is 9.44. The molecular weight excluding hydrogens is 574 g/mol. The normalized spacial score (nSPS) is 22.7. The Morgan fingerprint density at radius 2 is 1.67 bits per heavy atom. The van der Waals surface area contributed by atoms with Gasteiger partial charge in [-0.05, 0) is 56.0 Å². The highest BCUT2D eigenvalue weighted by atomic mass is 19.4. The van der Waals surface area contributed by atoms with E-state index in [-0.39, 0.29) is 31.2 Å². The van der Waals surface area contributed by atoms with Crippen LogP contribution in [0.5, 0.6) is 0 Å². The summed E-state index contributed by atoms with van der Waals surface area (Å²) in [5.74, 6) is -0.510. The molecule has 234 valence electrons. The van der Waals surface area contributed by atoms with Gasteiger partial charge in [-0.2, -0.15) is 26.3 Å². The third kappa shape index (κ3) is 6.66. The van der Waals surface area contributed by atoms with Gasteiger partial charge in [0.15, 0.2) is 0 Å². The SMILES string of the molecule is CC1=C(c2ccccc2)C=CC(CN2CCN(Cc3ccncc3)CC2C(=O)NC(C)C)(C(O)(C(F)(F)F)C(F)(F)F)C1. The third-order valence-corrected chi connectivity index (χ3v) is 8.18. The number of rotatable bonds is 8. The molecule has 2 atom stereocenters. The van der Waals surface area contributed by atoms with E-state index in [2.05, 4.69) is 10.3 Å². The molecule has 1 amide bonds. The zero-order valence-electron chi connectivity index (χ0n) is 24.2. The van der Waals surface area contributed by atoms with Gasteiger partial charge >= 0.3 is 12.4 Å². The lowest BCUT2D eigenvalue weighted by Gasteiger charge is -2.52. The van der Waals surface area contributed by atoms with Crippen LogP contribution in [0, 0.1) is 5.41 Å². The van der Waals surface area contributed by atoms with Crippen LogP contribution in [0.25, 0.3) is 5.57 Å². The summed E-state index contributed by atoms with van der Waals surface area (Å²) < 4.78 is 87.2. The van der Waals surface area contributed by atoms with Gasteiger partial charge in [0.2, 0.25) is 5.91 Å². The van der Waals surface area contributed by atoms with Gasteiger partial charge in [-0.3, -0.25) is 19.6 Å². The standard InChI is InChI=1S/C31H36F6N4O2/c1-21(2)39-27(42)26-19-40(18-23-10-13-38-14-11-23)15-16-41(26)20-28(29(43,30(32,33)34)31(35,36)37)12-9-25(22(3)17-28)24-7-5-4-6-8-24/h4-14,21,26,43H,15-20H2,1-3H3,(H,39,42). The Morgan fingerprint density at radius 3 is 2.23 bits per heavy atom. The molecule has 0 saturated carbocycles. The van der Waals surface area contributed by atoms with E-state index >= 15 is 0 Å². The lowest BCUT2D eigenvalue weighted by Crippen LogP contribution is -2.71. The number of carbonyl (C=O) groups excluding carboxylic acids is 1. The molecular formula is C31H36F6N4O2. The van der Waals surface area contributed by atoms with Crippen LogP contribution in [0.2, 0.25) is 0 Å². The minimum absolute atomic E-state index is 0.0109. The summed E-state index contributed by atoms with van der Waals surface area (Å²) in [6, 6.07) is 10.8. The Bertz CT molecular complexity index is 1310. The van der Waals surface area contributed by atoms with Gasteiger partial charge in [0, 0.05) is 51.2 Å². The summed E-state index contributed by atoms with van der Waals surface area (Å²) in [6.45, 7) is 4.85. The Hall–Kier alpha value is -3.22. The number of hydrogen-bond donors (Lipinski definition) is 2. The molecule has 1 aliphatic heterocycles. The summed E-state index contributed by atoms with van der Waals surface area (Å²) >= 11 is 0. The Morgan fingerprint density at radius 1 is 1.05 bits per heavy atom. The van der Waals surface area contributed by atoms with Gasteiger partial charge in [-0.1, -0.05) is 48.1 Å². The minimum atomic E-state index is -6.06. The van der Waals surface area contributed by atoms with Gasteiger partial charge in [0.05, 0.1) is 5.41 Å². The summed E-state index contributed by atoms with van der Waals surface area (Å²) in [4.78, 5) is 20.7. The van der Waals surface area contributed by atoms with E-state index in [0.29, 0.717) is 17.7 Å². The van der Waals surface area contributed by atoms with Crippen molar-refractivity contribution in [3.63, 3.8) is 0 Å². The van der Waals surface area contributed by atoms with Gasteiger partial charge < -0.3 is 10.4 Å². The molecule has 12 heteroatoms. The summed E-state index contributed by atoms with van der Waals surface area (Å²) in [5, 5.41) is 13.7. The largest absolute Gasteiger partial charge is 0.427 e. The predicted octanol–water partition coefficient (Wildman–Crippen LogP) is 5.37. The molecule has 0 radical (unpaired) electrons. The molecule has 2 heterocycles. The molecule has 6 nitrogen and oxygen atoms in total. The average Bonchev–Trinajstić information content (AvgIpc) is 2.93. The number of halogens is 6. The molecule has 2 aromatic rings. The zero-order valence-corrected chi connectivity index (χ0v) is 24.2. The Balaban J connectivity index is 1.76. The second-order valence-corrected chi connectivity index (χ2v) is 11.7. The summed E-state index contributed by atoms with van der Waals surface area (Å²) in [5.41, 5.74) is -5.67. The average molecular weight is 611 g/mol. The fourth-order valence-corrected chi connectivity index (χ4v) is 6.12. The van der Waals surface area contributed by atoms with Crippen molar-refractivity contribution in [1.29, 1.82) is 0 Å². The molecule has 1 aromatic carbocycles. The lowest BCUT2D eigenvalue weighted by atomic mass is 9.63. The topological polar surface area (TPSA) is 68.7 Å². The monoisotopic (exact) mass is 610 g/mol. The number of piperazine rings is 1. The van der Waals surface area contributed by atoms with Crippen molar-refractivity contribution in [2.75, 3.05) is 26.2 Å². The molecule has 0 spiro atoms. The first kappa shape index (κ1) is 32.7. The number of aromatic nitrogens is 1. The first-order valence-corrected chi connectivity index (χ1v) is 14.0. The fraction of sp³-hybridized carbons (Fsp3) is 0.484. The van der Waals surface area contributed by atoms with Crippen molar-refractivity contribution in [3.8, 4) is 0 Å². The number of nitrogens with zero attached hydrogens (tertiary/aromatic N) is 3. The lowest BCUT2D eigenvalue weighted by molar-refractivity contribution is -0.398. The van der Waals surface area contributed by atoms with E-state index in [1.165, 1.54) is 17.9 Å².